The van der Waals surface area contributed by atoms with Crippen LogP contribution in [0, 0.1) is 0 Å². The van der Waals surface area contributed by atoms with Gasteiger partial charge in [0.2, 0.25) is 12.7 Å². The highest BCUT2D eigenvalue weighted by Gasteiger charge is 2.14. The molecule has 7 heteroatoms. The Bertz CT molecular complexity index is 533. The number of rotatable bonds is 6. The number of nitrogens with zero attached hydrogens (tertiary/aromatic N) is 1. The van der Waals surface area contributed by atoms with Gasteiger partial charge in [0.15, 0.2) is 11.5 Å². The van der Waals surface area contributed by atoms with Crippen molar-refractivity contribution >= 4 is 11.9 Å². The first kappa shape index (κ1) is 15.1. The lowest BCUT2D eigenvalue weighted by atomic mass is 10.2. The third-order valence-electron chi connectivity index (χ3n) is 3.21. The van der Waals surface area contributed by atoms with E-state index < -0.39 is 6.03 Å². The Kier molecular flexibility index (Phi) is 4.99. The minimum absolute atomic E-state index is 0.224. The molecule has 21 heavy (non-hydrogen) atoms. The minimum Gasteiger partial charge on any atom is -0.454 e. The van der Waals surface area contributed by atoms with Crippen molar-refractivity contribution in [3.63, 3.8) is 0 Å². The maximum absolute atomic E-state index is 11.4. The number of benzene rings is 1. The van der Waals surface area contributed by atoms with E-state index >= 15 is 0 Å². The van der Waals surface area contributed by atoms with Crippen LogP contribution in [0.5, 0.6) is 11.5 Å². The maximum Gasteiger partial charge on any atom is 0.318 e. The van der Waals surface area contributed by atoms with Crippen LogP contribution >= 0.6 is 0 Å². The molecule has 1 aromatic rings. The number of nitrogens with one attached hydrogen (secondary N) is 1. The molecule has 1 aromatic carbocycles. The zero-order valence-electron chi connectivity index (χ0n) is 11.9. The summed E-state index contributed by atoms with van der Waals surface area (Å²) >= 11 is 0. The summed E-state index contributed by atoms with van der Waals surface area (Å²) < 4.78 is 10.6. The van der Waals surface area contributed by atoms with Gasteiger partial charge in [0, 0.05) is 19.5 Å². The van der Waals surface area contributed by atoms with Crippen LogP contribution in [-0.2, 0) is 11.3 Å². The monoisotopic (exact) mass is 293 g/mol. The summed E-state index contributed by atoms with van der Waals surface area (Å²) in [5.74, 6) is 1.13. The fourth-order valence-electron chi connectivity index (χ4n) is 2.11. The Morgan fingerprint density at radius 3 is 2.81 bits per heavy atom. The van der Waals surface area contributed by atoms with E-state index in [1.165, 1.54) is 0 Å². The Balaban J connectivity index is 1.87. The normalized spacial score (nSPS) is 12.5. The van der Waals surface area contributed by atoms with Crippen molar-refractivity contribution in [3.05, 3.63) is 23.8 Å². The van der Waals surface area contributed by atoms with Crippen LogP contribution in [-0.4, -0.2) is 36.7 Å². The molecule has 0 saturated carbocycles. The van der Waals surface area contributed by atoms with E-state index in [1.807, 2.05) is 25.1 Å². The van der Waals surface area contributed by atoms with E-state index in [0.29, 0.717) is 13.1 Å². The van der Waals surface area contributed by atoms with Gasteiger partial charge in [-0.15, -0.1) is 0 Å². The number of hydrogen-bond acceptors (Lipinski definition) is 5. The summed E-state index contributed by atoms with van der Waals surface area (Å²) in [4.78, 5) is 24.1. The summed E-state index contributed by atoms with van der Waals surface area (Å²) in [7, 11) is 0. The van der Waals surface area contributed by atoms with E-state index in [0.717, 1.165) is 23.6 Å². The number of ether oxygens (including phenoxy) is 2. The molecule has 7 nitrogen and oxygen atoms in total. The van der Waals surface area contributed by atoms with E-state index in [2.05, 4.69) is 10.2 Å². The average Bonchev–Trinajstić information content (AvgIpc) is 2.90. The molecule has 0 bridgehead atoms. The molecular weight excluding hydrogens is 274 g/mol. The van der Waals surface area contributed by atoms with Gasteiger partial charge in [-0.05, 0) is 24.2 Å². The van der Waals surface area contributed by atoms with Gasteiger partial charge in [-0.3, -0.25) is 15.0 Å². The van der Waals surface area contributed by atoms with Crippen LogP contribution in [0.25, 0.3) is 0 Å². The number of amides is 3. The van der Waals surface area contributed by atoms with E-state index in [4.69, 9.17) is 15.2 Å². The highest BCUT2D eigenvalue weighted by Crippen LogP contribution is 2.32. The first-order valence-corrected chi connectivity index (χ1v) is 6.78. The largest absolute Gasteiger partial charge is 0.454 e. The van der Waals surface area contributed by atoms with Crippen LogP contribution < -0.4 is 20.5 Å². The lowest BCUT2D eigenvalue weighted by Gasteiger charge is -2.20. The van der Waals surface area contributed by atoms with Gasteiger partial charge in [0.05, 0.1) is 0 Å². The van der Waals surface area contributed by atoms with Crippen molar-refractivity contribution in [1.82, 2.24) is 10.2 Å². The lowest BCUT2D eigenvalue weighted by Crippen LogP contribution is -2.37. The van der Waals surface area contributed by atoms with Crippen molar-refractivity contribution in [2.24, 2.45) is 5.73 Å². The van der Waals surface area contributed by atoms with Crippen LogP contribution in [0.15, 0.2) is 18.2 Å². The third-order valence-corrected chi connectivity index (χ3v) is 3.21. The molecule has 2 rings (SSSR count). The number of imide groups is 1. The van der Waals surface area contributed by atoms with Crippen molar-refractivity contribution in [2.75, 3.05) is 19.9 Å². The molecule has 0 aromatic heterocycles. The fourth-order valence-corrected chi connectivity index (χ4v) is 2.11. The molecule has 1 aliphatic rings. The smallest absolute Gasteiger partial charge is 0.318 e. The Labute approximate surface area is 123 Å². The molecule has 1 heterocycles. The molecule has 0 radical (unpaired) electrons. The number of fused-ring (bicyclic) bond motifs is 1. The van der Waals surface area contributed by atoms with Crippen LogP contribution in [0.3, 0.4) is 0 Å². The number of hydrogen-bond donors (Lipinski definition) is 2. The molecule has 0 spiro atoms. The van der Waals surface area contributed by atoms with Gasteiger partial charge in [-0.2, -0.15) is 0 Å². The van der Waals surface area contributed by atoms with Gasteiger partial charge >= 0.3 is 6.03 Å². The zero-order chi connectivity index (χ0) is 15.2. The molecular formula is C14H19N3O4. The van der Waals surface area contributed by atoms with Gasteiger partial charge in [0.1, 0.15) is 0 Å². The Morgan fingerprint density at radius 1 is 1.33 bits per heavy atom. The summed E-state index contributed by atoms with van der Waals surface area (Å²) in [5, 5.41) is 2.06. The van der Waals surface area contributed by atoms with Gasteiger partial charge < -0.3 is 15.2 Å². The zero-order valence-corrected chi connectivity index (χ0v) is 11.9. The molecule has 114 valence electrons. The second-order valence-electron chi connectivity index (χ2n) is 4.72. The summed E-state index contributed by atoms with van der Waals surface area (Å²) in [6.45, 7) is 4.29. The highest BCUT2D eigenvalue weighted by atomic mass is 16.7. The number of primary amides is 1. The van der Waals surface area contributed by atoms with Crippen molar-refractivity contribution in [1.29, 1.82) is 0 Å². The van der Waals surface area contributed by atoms with Crippen molar-refractivity contribution in [3.8, 4) is 11.5 Å². The predicted octanol–water partition coefficient (Wildman–Crippen LogP) is 0.822. The first-order chi connectivity index (χ1) is 10.1. The third kappa shape index (κ3) is 4.35. The van der Waals surface area contributed by atoms with E-state index in [1.54, 1.807) is 0 Å². The van der Waals surface area contributed by atoms with Crippen LogP contribution in [0.1, 0.15) is 18.9 Å². The van der Waals surface area contributed by atoms with Crippen LogP contribution in [0.4, 0.5) is 4.79 Å². The molecule has 0 fully saturated rings. The van der Waals surface area contributed by atoms with Gasteiger partial charge in [-0.25, -0.2) is 4.79 Å². The van der Waals surface area contributed by atoms with E-state index in [9.17, 15) is 9.59 Å². The fraction of sp³-hybridized carbons (Fsp3) is 0.429. The summed E-state index contributed by atoms with van der Waals surface area (Å²) in [6.07, 6.45) is 0.224. The number of carbonyl (C=O) groups is 2. The molecule has 0 aliphatic carbocycles. The number of carbonyl (C=O) groups excluding carboxylic acids is 2. The molecule has 0 saturated heterocycles. The second-order valence-corrected chi connectivity index (χ2v) is 4.72. The lowest BCUT2D eigenvalue weighted by molar-refractivity contribution is -0.120. The second kappa shape index (κ2) is 6.94. The molecule has 3 N–H and O–H groups in total. The first-order valence-electron chi connectivity index (χ1n) is 6.78. The average molecular weight is 293 g/mol. The standard InChI is InChI=1S/C14H19N3O4/c1-2-17(6-5-13(18)16-14(15)19)8-10-3-4-11-12(7-10)21-9-20-11/h3-4,7H,2,5-6,8-9H2,1H3,(H3,15,16,18,19). The quantitative estimate of drug-likeness (QED) is 0.810. The number of urea groups is 1. The predicted molar refractivity (Wildman–Crippen MR) is 75.9 cm³/mol. The Morgan fingerprint density at radius 2 is 2.10 bits per heavy atom. The van der Waals surface area contributed by atoms with Crippen molar-refractivity contribution < 1.29 is 19.1 Å². The highest BCUT2D eigenvalue weighted by molar-refractivity contribution is 5.93. The summed E-state index contributed by atoms with van der Waals surface area (Å²) in [6, 6.07) is 4.97. The van der Waals surface area contributed by atoms with E-state index in [-0.39, 0.29) is 19.1 Å². The molecule has 3 amide bonds. The SMILES string of the molecule is CCN(CCC(=O)NC(N)=O)Cc1ccc2c(c1)OCO2. The van der Waals surface area contributed by atoms with Crippen LogP contribution in [0.2, 0.25) is 0 Å². The molecule has 0 unspecified atom stereocenters. The van der Waals surface area contributed by atoms with Crippen molar-refractivity contribution in [2.45, 2.75) is 19.9 Å². The minimum atomic E-state index is -0.821. The molecule has 1 aliphatic heterocycles. The van der Waals surface area contributed by atoms with Gasteiger partial charge in [0.25, 0.3) is 0 Å². The van der Waals surface area contributed by atoms with Gasteiger partial charge in [-0.1, -0.05) is 13.0 Å². The number of nitrogens with two attached hydrogens (primary N) is 1. The summed E-state index contributed by atoms with van der Waals surface area (Å²) in [5.41, 5.74) is 5.98. The molecule has 0 atom stereocenters. The maximum atomic E-state index is 11.4. The Hall–Kier alpha value is -2.28. The topological polar surface area (TPSA) is 93.9 Å².